The second-order valence-electron chi connectivity index (χ2n) is 4.24. The highest BCUT2D eigenvalue weighted by molar-refractivity contribution is 5.75. The molecular weight excluding hydrogens is 229 g/mol. The Kier molecular flexibility index (Phi) is 2.48. The first kappa shape index (κ1) is 10.8. The maximum absolute atomic E-state index is 13.5. The van der Waals surface area contributed by atoms with E-state index in [-0.39, 0.29) is 5.82 Å². The Hall–Kier alpha value is -2.36. The van der Waals surface area contributed by atoms with Crippen molar-refractivity contribution >= 4 is 16.7 Å². The zero-order valence-electron chi connectivity index (χ0n) is 9.65. The maximum Gasteiger partial charge on any atom is 0.151 e. The Morgan fingerprint density at radius 2 is 1.89 bits per heavy atom. The van der Waals surface area contributed by atoms with Gasteiger partial charge in [-0.2, -0.15) is 0 Å². The number of nitrogens with zero attached hydrogens (tertiary/aromatic N) is 1. The van der Waals surface area contributed by atoms with Gasteiger partial charge in [0.15, 0.2) is 5.82 Å². The molecule has 18 heavy (non-hydrogen) atoms. The van der Waals surface area contributed by atoms with Crippen molar-refractivity contribution in [2.24, 2.45) is 0 Å². The van der Waals surface area contributed by atoms with Crippen molar-refractivity contribution in [3.05, 3.63) is 59.7 Å². The lowest BCUT2D eigenvalue weighted by Gasteiger charge is -1.98. The molecule has 1 aromatic heterocycles. The van der Waals surface area contributed by atoms with Crippen LogP contribution in [0.25, 0.3) is 11.0 Å². The first-order valence-electron chi connectivity index (χ1n) is 5.70. The molecule has 1 heterocycles. The summed E-state index contributed by atoms with van der Waals surface area (Å²) in [6.45, 7) is 0. The number of nitrogen functional groups attached to an aromatic ring is 1. The van der Waals surface area contributed by atoms with E-state index in [1.54, 1.807) is 6.07 Å². The highest BCUT2D eigenvalue weighted by atomic mass is 19.1. The smallest absolute Gasteiger partial charge is 0.151 e. The summed E-state index contributed by atoms with van der Waals surface area (Å²) < 4.78 is 13.5. The Morgan fingerprint density at radius 3 is 2.61 bits per heavy atom. The van der Waals surface area contributed by atoms with Crippen LogP contribution in [0.3, 0.4) is 0 Å². The molecule has 0 spiro atoms. The minimum absolute atomic E-state index is 0.299. The largest absolute Gasteiger partial charge is 0.399 e. The number of H-pyrrole nitrogens is 1. The molecule has 0 aliphatic carbocycles. The molecule has 4 heteroatoms. The quantitative estimate of drug-likeness (QED) is 0.678. The topological polar surface area (TPSA) is 54.7 Å². The van der Waals surface area contributed by atoms with Gasteiger partial charge in [-0.25, -0.2) is 9.37 Å². The van der Waals surface area contributed by atoms with Crippen LogP contribution in [0.2, 0.25) is 0 Å². The standard InChI is InChI=1S/C14H12FN3/c15-11-2-1-3-12-14(11)18-13(17-12)8-9-4-6-10(16)7-5-9/h1-7H,8,16H2,(H,17,18). The second kappa shape index (κ2) is 4.14. The number of fused-ring (bicyclic) bond motifs is 1. The Balaban J connectivity index is 1.95. The molecule has 90 valence electrons. The van der Waals surface area contributed by atoms with E-state index >= 15 is 0 Å². The molecule has 3 aromatic rings. The number of para-hydroxylation sites is 1. The number of nitrogens with one attached hydrogen (secondary N) is 1. The van der Waals surface area contributed by atoms with Crippen molar-refractivity contribution in [2.45, 2.75) is 6.42 Å². The van der Waals surface area contributed by atoms with Gasteiger partial charge in [0.2, 0.25) is 0 Å². The third-order valence-electron chi connectivity index (χ3n) is 2.86. The van der Waals surface area contributed by atoms with Gasteiger partial charge in [-0.15, -0.1) is 0 Å². The van der Waals surface area contributed by atoms with Crippen molar-refractivity contribution in [1.82, 2.24) is 9.97 Å². The summed E-state index contributed by atoms with van der Waals surface area (Å²) >= 11 is 0. The number of hydrogen-bond acceptors (Lipinski definition) is 2. The van der Waals surface area contributed by atoms with Gasteiger partial charge in [-0.3, -0.25) is 0 Å². The van der Waals surface area contributed by atoms with Gasteiger partial charge in [-0.1, -0.05) is 18.2 Å². The molecule has 2 aromatic carbocycles. The molecular formula is C14H12FN3. The number of aromatic amines is 1. The lowest BCUT2D eigenvalue weighted by atomic mass is 10.1. The molecule has 0 saturated carbocycles. The molecule has 3 nitrogen and oxygen atoms in total. The molecule has 0 saturated heterocycles. The van der Waals surface area contributed by atoms with Crippen LogP contribution >= 0.6 is 0 Å². The summed E-state index contributed by atoms with van der Waals surface area (Å²) in [5.74, 6) is 0.451. The predicted octanol–water partition coefficient (Wildman–Crippen LogP) is 2.88. The Labute approximate surface area is 103 Å². The molecule has 0 aliphatic heterocycles. The predicted molar refractivity (Wildman–Crippen MR) is 69.7 cm³/mol. The van der Waals surface area contributed by atoms with Gasteiger partial charge in [0.05, 0.1) is 5.52 Å². The van der Waals surface area contributed by atoms with E-state index < -0.39 is 0 Å². The first-order chi connectivity index (χ1) is 8.72. The van der Waals surface area contributed by atoms with E-state index in [9.17, 15) is 4.39 Å². The van der Waals surface area contributed by atoms with Gasteiger partial charge >= 0.3 is 0 Å². The molecule has 0 aliphatic rings. The van der Waals surface area contributed by atoms with E-state index in [4.69, 9.17) is 5.73 Å². The molecule has 0 amide bonds. The number of benzene rings is 2. The van der Waals surface area contributed by atoms with Crippen molar-refractivity contribution < 1.29 is 4.39 Å². The van der Waals surface area contributed by atoms with Crippen LogP contribution in [0.4, 0.5) is 10.1 Å². The van der Waals surface area contributed by atoms with Crippen LogP contribution in [-0.2, 0) is 6.42 Å². The van der Waals surface area contributed by atoms with Crippen LogP contribution in [0.5, 0.6) is 0 Å². The van der Waals surface area contributed by atoms with Crippen molar-refractivity contribution in [2.75, 3.05) is 5.73 Å². The van der Waals surface area contributed by atoms with E-state index in [2.05, 4.69) is 9.97 Å². The van der Waals surface area contributed by atoms with E-state index in [1.165, 1.54) is 6.07 Å². The van der Waals surface area contributed by atoms with Crippen LogP contribution in [-0.4, -0.2) is 9.97 Å². The maximum atomic E-state index is 13.5. The summed E-state index contributed by atoms with van der Waals surface area (Å²) in [6, 6.07) is 12.5. The van der Waals surface area contributed by atoms with Gasteiger partial charge < -0.3 is 10.7 Å². The summed E-state index contributed by atoms with van der Waals surface area (Å²) in [5.41, 5.74) is 8.56. The number of nitrogens with two attached hydrogens (primary N) is 1. The summed E-state index contributed by atoms with van der Waals surface area (Å²) in [5, 5.41) is 0. The molecule has 0 radical (unpaired) electrons. The fourth-order valence-corrected chi connectivity index (χ4v) is 1.96. The number of hydrogen-bond donors (Lipinski definition) is 2. The van der Waals surface area contributed by atoms with Gasteiger partial charge in [0, 0.05) is 12.1 Å². The third kappa shape index (κ3) is 1.93. The number of rotatable bonds is 2. The fraction of sp³-hybridized carbons (Fsp3) is 0.0714. The molecule has 3 N–H and O–H groups in total. The van der Waals surface area contributed by atoms with E-state index in [1.807, 2.05) is 30.3 Å². The molecule has 3 rings (SSSR count). The average molecular weight is 241 g/mol. The molecule has 0 atom stereocenters. The van der Waals surface area contributed by atoms with Crippen LogP contribution in [0.15, 0.2) is 42.5 Å². The number of halogens is 1. The van der Waals surface area contributed by atoms with Crippen LogP contribution < -0.4 is 5.73 Å². The first-order valence-corrected chi connectivity index (χ1v) is 5.70. The summed E-state index contributed by atoms with van der Waals surface area (Å²) in [6.07, 6.45) is 0.633. The fourth-order valence-electron chi connectivity index (χ4n) is 1.96. The van der Waals surface area contributed by atoms with Crippen molar-refractivity contribution in [1.29, 1.82) is 0 Å². The highest BCUT2D eigenvalue weighted by Gasteiger charge is 2.07. The Morgan fingerprint density at radius 1 is 1.11 bits per heavy atom. The SMILES string of the molecule is Nc1ccc(Cc2nc3c(F)cccc3[nH]2)cc1. The van der Waals surface area contributed by atoms with Crippen LogP contribution in [0.1, 0.15) is 11.4 Å². The molecule has 0 fully saturated rings. The van der Waals surface area contributed by atoms with Crippen molar-refractivity contribution in [3.63, 3.8) is 0 Å². The van der Waals surface area contributed by atoms with Gasteiger partial charge in [0.1, 0.15) is 11.3 Å². The molecule has 0 bridgehead atoms. The lowest BCUT2D eigenvalue weighted by Crippen LogP contribution is -1.91. The number of aromatic nitrogens is 2. The highest BCUT2D eigenvalue weighted by Crippen LogP contribution is 2.17. The lowest BCUT2D eigenvalue weighted by molar-refractivity contribution is 0.637. The third-order valence-corrected chi connectivity index (χ3v) is 2.86. The average Bonchev–Trinajstić information content (AvgIpc) is 2.76. The summed E-state index contributed by atoms with van der Waals surface area (Å²) in [7, 11) is 0. The monoisotopic (exact) mass is 241 g/mol. The minimum atomic E-state index is -0.299. The summed E-state index contributed by atoms with van der Waals surface area (Å²) in [4.78, 5) is 7.39. The normalized spacial score (nSPS) is 10.9. The zero-order valence-corrected chi connectivity index (χ0v) is 9.65. The van der Waals surface area contributed by atoms with Crippen LogP contribution in [0, 0.1) is 5.82 Å². The Bertz CT molecular complexity index is 686. The number of anilines is 1. The van der Waals surface area contributed by atoms with E-state index in [0.717, 1.165) is 22.6 Å². The molecule has 0 unspecified atom stereocenters. The number of imidazole rings is 1. The minimum Gasteiger partial charge on any atom is -0.399 e. The van der Waals surface area contributed by atoms with Gasteiger partial charge in [0.25, 0.3) is 0 Å². The zero-order chi connectivity index (χ0) is 12.5. The van der Waals surface area contributed by atoms with E-state index in [0.29, 0.717) is 11.9 Å². The van der Waals surface area contributed by atoms with Gasteiger partial charge in [-0.05, 0) is 29.8 Å². The second-order valence-corrected chi connectivity index (χ2v) is 4.24. The van der Waals surface area contributed by atoms with Crippen molar-refractivity contribution in [3.8, 4) is 0 Å².